The maximum absolute atomic E-state index is 12.4. The molecule has 7 heteroatoms. The van der Waals surface area contributed by atoms with Gasteiger partial charge >= 0.3 is 5.97 Å². The number of aliphatic carboxylic acids is 1. The number of hydrogen-bond donors (Lipinski definition) is 1. The van der Waals surface area contributed by atoms with Gasteiger partial charge in [0.05, 0.1) is 0 Å². The van der Waals surface area contributed by atoms with Gasteiger partial charge in [0.1, 0.15) is 4.90 Å². The molecule has 1 aromatic heterocycles. The molecule has 0 unspecified atom stereocenters. The molecular weight excluding hydrogens is 268 g/mol. The molecule has 0 amide bonds. The summed E-state index contributed by atoms with van der Waals surface area (Å²) in [5.74, 6) is -0.928. The van der Waals surface area contributed by atoms with E-state index in [1.807, 2.05) is 0 Å². The molecule has 0 aromatic carbocycles. The first-order valence-electron chi connectivity index (χ1n) is 5.99. The largest absolute Gasteiger partial charge is 0.481 e. The zero-order valence-corrected chi connectivity index (χ0v) is 11.8. The highest BCUT2D eigenvalue weighted by atomic mass is 32.2. The predicted molar refractivity (Wildman–Crippen MR) is 70.1 cm³/mol. The maximum Gasteiger partial charge on any atom is 0.303 e. The molecule has 106 valence electrons. The topological polar surface area (TPSA) is 87.6 Å². The van der Waals surface area contributed by atoms with E-state index in [1.54, 1.807) is 19.9 Å². The fraction of sp³-hybridized carbons (Fsp3) is 0.500. The van der Waals surface area contributed by atoms with Gasteiger partial charge < -0.3 is 5.11 Å². The molecule has 0 atom stereocenters. The third kappa shape index (κ3) is 4.29. The molecule has 0 radical (unpaired) electrons. The molecule has 0 saturated carbocycles. The Bertz CT molecular complexity index is 514. The van der Waals surface area contributed by atoms with Crippen LogP contribution in [0.15, 0.2) is 29.4 Å². The summed E-state index contributed by atoms with van der Waals surface area (Å²) >= 11 is 0. The molecule has 1 aromatic rings. The first kappa shape index (κ1) is 15.6. The van der Waals surface area contributed by atoms with Crippen molar-refractivity contribution in [2.24, 2.45) is 0 Å². The second-order valence-corrected chi connectivity index (χ2v) is 6.29. The Morgan fingerprint density at radius 3 is 2.63 bits per heavy atom. The minimum Gasteiger partial charge on any atom is -0.481 e. The van der Waals surface area contributed by atoms with Crippen LogP contribution in [0.2, 0.25) is 0 Å². The van der Waals surface area contributed by atoms with Gasteiger partial charge in [-0.15, -0.1) is 0 Å². The van der Waals surface area contributed by atoms with Crippen molar-refractivity contribution in [2.45, 2.75) is 37.6 Å². The SMILES string of the molecule is CC(C)N(CCCC(=O)O)S(=O)(=O)c1cccnc1. The molecule has 0 fully saturated rings. The fourth-order valence-electron chi connectivity index (χ4n) is 1.68. The van der Waals surface area contributed by atoms with Crippen molar-refractivity contribution in [3.05, 3.63) is 24.5 Å². The molecule has 0 aliphatic heterocycles. The van der Waals surface area contributed by atoms with Crippen LogP contribution in [-0.2, 0) is 14.8 Å². The third-order valence-corrected chi connectivity index (χ3v) is 4.64. The Labute approximate surface area is 113 Å². The number of sulfonamides is 1. The summed E-state index contributed by atoms with van der Waals surface area (Å²) in [6.07, 6.45) is 3.03. The predicted octanol–water partition coefficient (Wildman–Crippen LogP) is 1.35. The summed E-state index contributed by atoms with van der Waals surface area (Å²) in [4.78, 5) is 14.4. The van der Waals surface area contributed by atoms with Crippen molar-refractivity contribution < 1.29 is 18.3 Å². The van der Waals surface area contributed by atoms with Crippen LogP contribution in [0.1, 0.15) is 26.7 Å². The van der Waals surface area contributed by atoms with Crippen molar-refractivity contribution in [1.82, 2.24) is 9.29 Å². The van der Waals surface area contributed by atoms with Gasteiger partial charge in [0, 0.05) is 31.4 Å². The lowest BCUT2D eigenvalue weighted by molar-refractivity contribution is -0.137. The Balaban J connectivity index is 2.89. The highest BCUT2D eigenvalue weighted by molar-refractivity contribution is 7.89. The standard InChI is InChI=1S/C12H18N2O4S/c1-10(2)14(8-4-6-12(15)16)19(17,18)11-5-3-7-13-9-11/h3,5,7,9-10H,4,6,8H2,1-2H3,(H,15,16). The van der Waals surface area contributed by atoms with Crippen LogP contribution < -0.4 is 0 Å². The molecule has 19 heavy (non-hydrogen) atoms. The summed E-state index contributed by atoms with van der Waals surface area (Å²) in [7, 11) is -3.62. The monoisotopic (exact) mass is 286 g/mol. The van der Waals surface area contributed by atoms with Gasteiger partial charge in [-0.2, -0.15) is 4.31 Å². The lowest BCUT2D eigenvalue weighted by Crippen LogP contribution is -2.37. The lowest BCUT2D eigenvalue weighted by atomic mass is 10.3. The summed E-state index contributed by atoms with van der Waals surface area (Å²) in [5, 5.41) is 8.61. The zero-order chi connectivity index (χ0) is 14.5. The van der Waals surface area contributed by atoms with E-state index in [9.17, 15) is 13.2 Å². The van der Waals surface area contributed by atoms with E-state index < -0.39 is 16.0 Å². The molecule has 0 bridgehead atoms. The highest BCUT2D eigenvalue weighted by Crippen LogP contribution is 2.17. The van der Waals surface area contributed by atoms with Crippen LogP contribution in [0.5, 0.6) is 0 Å². The van der Waals surface area contributed by atoms with E-state index >= 15 is 0 Å². The number of rotatable bonds is 7. The van der Waals surface area contributed by atoms with E-state index in [2.05, 4.69) is 4.98 Å². The summed E-state index contributed by atoms with van der Waals surface area (Å²) < 4.78 is 26.1. The van der Waals surface area contributed by atoms with Crippen LogP contribution in [0.4, 0.5) is 0 Å². The van der Waals surface area contributed by atoms with Crippen LogP contribution in [0, 0.1) is 0 Å². The number of carboxylic acid groups (broad SMARTS) is 1. The number of carbonyl (C=O) groups is 1. The Morgan fingerprint density at radius 1 is 1.47 bits per heavy atom. The summed E-state index contributed by atoms with van der Waals surface area (Å²) in [5.41, 5.74) is 0. The number of aromatic nitrogens is 1. The Kier molecular flexibility index (Phi) is 5.44. The van der Waals surface area contributed by atoms with Crippen LogP contribution in [0.3, 0.4) is 0 Å². The van der Waals surface area contributed by atoms with Gasteiger partial charge in [-0.25, -0.2) is 8.42 Å². The quantitative estimate of drug-likeness (QED) is 0.817. The lowest BCUT2D eigenvalue weighted by Gasteiger charge is -2.25. The normalized spacial score (nSPS) is 12.0. The molecule has 0 spiro atoms. The van der Waals surface area contributed by atoms with Gasteiger partial charge in [-0.05, 0) is 32.4 Å². The molecule has 6 nitrogen and oxygen atoms in total. The van der Waals surface area contributed by atoms with E-state index in [-0.39, 0.29) is 30.3 Å². The van der Waals surface area contributed by atoms with Gasteiger partial charge in [-0.3, -0.25) is 9.78 Å². The van der Waals surface area contributed by atoms with E-state index in [4.69, 9.17) is 5.11 Å². The van der Waals surface area contributed by atoms with Gasteiger partial charge in [0.2, 0.25) is 10.0 Å². The minimum atomic E-state index is -3.62. The van der Waals surface area contributed by atoms with Gasteiger partial charge in [0.25, 0.3) is 0 Å². The Morgan fingerprint density at radius 2 is 2.16 bits per heavy atom. The molecular formula is C12H18N2O4S. The molecule has 1 N–H and O–H groups in total. The van der Waals surface area contributed by atoms with Gasteiger partial charge in [-0.1, -0.05) is 0 Å². The first-order chi connectivity index (χ1) is 8.85. The smallest absolute Gasteiger partial charge is 0.303 e. The van der Waals surface area contributed by atoms with Crippen LogP contribution in [0.25, 0.3) is 0 Å². The average molecular weight is 286 g/mol. The van der Waals surface area contributed by atoms with Gasteiger partial charge in [0.15, 0.2) is 0 Å². The van der Waals surface area contributed by atoms with Crippen molar-refractivity contribution in [2.75, 3.05) is 6.54 Å². The van der Waals surface area contributed by atoms with Crippen molar-refractivity contribution >= 4 is 16.0 Å². The number of nitrogens with zero attached hydrogens (tertiary/aromatic N) is 2. The third-order valence-electron chi connectivity index (χ3n) is 2.59. The fourth-order valence-corrected chi connectivity index (χ4v) is 3.32. The zero-order valence-electron chi connectivity index (χ0n) is 11.0. The Hall–Kier alpha value is -1.47. The summed E-state index contributed by atoms with van der Waals surface area (Å²) in [6.45, 7) is 3.70. The maximum atomic E-state index is 12.4. The van der Waals surface area contributed by atoms with Crippen molar-refractivity contribution in [3.8, 4) is 0 Å². The number of carboxylic acids is 1. The molecule has 0 aliphatic rings. The number of hydrogen-bond acceptors (Lipinski definition) is 4. The van der Waals surface area contributed by atoms with Crippen molar-refractivity contribution in [3.63, 3.8) is 0 Å². The average Bonchev–Trinajstić information content (AvgIpc) is 2.34. The molecule has 0 aliphatic carbocycles. The number of pyridine rings is 1. The second-order valence-electron chi connectivity index (χ2n) is 4.40. The molecule has 1 rings (SSSR count). The highest BCUT2D eigenvalue weighted by Gasteiger charge is 2.26. The van der Waals surface area contributed by atoms with E-state index in [1.165, 1.54) is 22.8 Å². The molecule has 1 heterocycles. The second kappa shape index (κ2) is 6.63. The molecule has 0 saturated heterocycles. The van der Waals surface area contributed by atoms with E-state index in [0.717, 1.165) is 0 Å². The minimum absolute atomic E-state index is 0.0498. The van der Waals surface area contributed by atoms with Crippen LogP contribution >= 0.6 is 0 Å². The van der Waals surface area contributed by atoms with Crippen LogP contribution in [-0.4, -0.2) is 41.4 Å². The van der Waals surface area contributed by atoms with Crippen molar-refractivity contribution in [1.29, 1.82) is 0 Å². The van der Waals surface area contributed by atoms with E-state index in [0.29, 0.717) is 0 Å². The first-order valence-corrected chi connectivity index (χ1v) is 7.43. The summed E-state index contributed by atoms with van der Waals surface area (Å²) in [6, 6.07) is 2.80.